The summed E-state index contributed by atoms with van der Waals surface area (Å²) in [4.78, 5) is 18.8. The highest BCUT2D eigenvalue weighted by Crippen LogP contribution is 2.20. The summed E-state index contributed by atoms with van der Waals surface area (Å²) in [5.74, 6) is 1.28. The molecule has 3 rings (SSSR count). The van der Waals surface area contributed by atoms with Crippen molar-refractivity contribution < 1.29 is 9.53 Å². The predicted molar refractivity (Wildman–Crippen MR) is 98.8 cm³/mol. The lowest BCUT2D eigenvalue weighted by atomic mass is 10.1. The van der Waals surface area contributed by atoms with Gasteiger partial charge in [0.25, 0.3) is 5.91 Å². The maximum atomic E-state index is 12.7. The number of nitrogens with one attached hydrogen (secondary N) is 1. The number of nitrogens with two attached hydrogens (primary N) is 1. The van der Waals surface area contributed by atoms with E-state index in [1.165, 1.54) is 0 Å². The van der Waals surface area contributed by atoms with Crippen LogP contribution < -0.4 is 15.8 Å². The highest BCUT2D eigenvalue weighted by molar-refractivity contribution is 5.94. The number of anilines is 2. The van der Waals surface area contributed by atoms with Crippen molar-refractivity contribution in [2.24, 2.45) is 0 Å². The number of nitrogen functional groups attached to an aromatic ring is 1. The summed E-state index contributed by atoms with van der Waals surface area (Å²) in [7, 11) is 1.61. The molecule has 1 fully saturated rings. The van der Waals surface area contributed by atoms with Crippen LogP contribution in [0.2, 0.25) is 0 Å². The normalized spacial score (nSPS) is 17.6. The molecule has 0 aliphatic carbocycles. The maximum Gasteiger partial charge on any atom is 0.253 e. The smallest absolute Gasteiger partial charge is 0.253 e. The van der Waals surface area contributed by atoms with Crippen LogP contribution in [0.1, 0.15) is 29.6 Å². The zero-order valence-corrected chi connectivity index (χ0v) is 14.4. The number of likely N-dealkylation sites (tertiary alicyclic amines) is 1. The van der Waals surface area contributed by atoms with Crippen LogP contribution in [0.15, 0.2) is 42.6 Å². The average Bonchev–Trinajstić information content (AvgIpc) is 2.88. The van der Waals surface area contributed by atoms with E-state index in [0.717, 1.165) is 38.0 Å². The Morgan fingerprint density at radius 1 is 1.28 bits per heavy atom. The molecule has 6 heteroatoms. The number of carbonyl (C=O) groups is 1. The summed E-state index contributed by atoms with van der Waals surface area (Å²) in [5.41, 5.74) is 7.26. The van der Waals surface area contributed by atoms with E-state index < -0.39 is 0 Å². The molecule has 0 radical (unpaired) electrons. The number of methoxy groups -OCH3 is 1. The molecular formula is C19H24N4O2. The van der Waals surface area contributed by atoms with Crippen molar-refractivity contribution in [2.75, 3.05) is 31.2 Å². The Morgan fingerprint density at radius 3 is 2.92 bits per heavy atom. The first-order valence-electron chi connectivity index (χ1n) is 8.57. The van der Waals surface area contributed by atoms with Crippen molar-refractivity contribution in [1.82, 2.24) is 9.88 Å². The number of nitrogens with zero attached hydrogens (tertiary/aromatic N) is 2. The van der Waals surface area contributed by atoms with Crippen LogP contribution in [0.25, 0.3) is 0 Å². The third-order valence-electron chi connectivity index (χ3n) is 4.49. The fourth-order valence-corrected chi connectivity index (χ4v) is 3.11. The zero-order chi connectivity index (χ0) is 17.6. The minimum Gasteiger partial charge on any atom is -0.497 e. The third kappa shape index (κ3) is 4.41. The Kier molecular flexibility index (Phi) is 5.38. The molecule has 25 heavy (non-hydrogen) atoms. The fourth-order valence-electron chi connectivity index (χ4n) is 3.11. The van der Waals surface area contributed by atoms with E-state index in [2.05, 4.69) is 10.3 Å². The lowest BCUT2D eigenvalue weighted by Crippen LogP contribution is -2.32. The second-order valence-corrected chi connectivity index (χ2v) is 6.27. The van der Waals surface area contributed by atoms with E-state index >= 15 is 0 Å². The highest BCUT2D eigenvalue weighted by Gasteiger charge is 2.21. The van der Waals surface area contributed by atoms with E-state index in [-0.39, 0.29) is 5.91 Å². The van der Waals surface area contributed by atoms with Crippen molar-refractivity contribution in [3.63, 3.8) is 0 Å². The van der Waals surface area contributed by atoms with Crippen LogP contribution in [0, 0.1) is 0 Å². The second kappa shape index (κ2) is 7.88. The van der Waals surface area contributed by atoms with Gasteiger partial charge in [0.15, 0.2) is 0 Å². The van der Waals surface area contributed by atoms with E-state index in [1.807, 2.05) is 29.2 Å². The largest absolute Gasteiger partial charge is 0.497 e. The van der Waals surface area contributed by atoms with Crippen LogP contribution in [0.3, 0.4) is 0 Å². The van der Waals surface area contributed by atoms with Crippen molar-refractivity contribution in [3.05, 3.63) is 48.2 Å². The topological polar surface area (TPSA) is 80.5 Å². The molecule has 1 aliphatic rings. The van der Waals surface area contributed by atoms with Gasteiger partial charge in [-0.3, -0.25) is 4.79 Å². The average molecular weight is 340 g/mol. The van der Waals surface area contributed by atoms with Crippen LogP contribution in [-0.4, -0.2) is 42.0 Å². The van der Waals surface area contributed by atoms with Gasteiger partial charge < -0.3 is 20.7 Å². The summed E-state index contributed by atoms with van der Waals surface area (Å²) < 4.78 is 5.21. The summed E-state index contributed by atoms with van der Waals surface area (Å²) >= 11 is 0. The lowest BCUT2D eigenvalue weighted by Gasteiger charge is -2.21. The number of rotatable bonds is 4. The number of amides is 1. The van der Waals surface area contributed by atoms with Crippen molar-refractivity contribution >= 4 is 17.4 Å². The number of benzene rings is 1. The number of hydrogen-bond donors (Lipinski definition) is 2. The number of carbonyl (C=O) groups excluding carboxylic acids is 1. The summed E-state index contributed by atoms with van der Waals surface area (Å²) in [6.45, 7) is 1.50. The SMILES string of the molecule is COc1cccc(C(=O)N2CCC[C@@H](Nc3ccc(N)nc3)CC2)c1. The lowest BCUT2D eigenvalue weighted by molar-refractivity contribution is 0.0761. The van der Waals surface area contributed by atoms with Crippen molar-refractivity contribution in [3.8, 4) is 5.75 Å². The summed E-state index contributed by atoms with van der Waals surface area (Å²) in [5, 5.41) is 3.49. The Morgan fingerprint density at radius 2 is 2.16 bits per heavy atom. The molecule has 2 aromatic rings. The molecule has 1 aliphatic heterocycles. The predicted octanol–water partition coefficient (Wildman–Crippen LogP) is 2.78. The van der Waals surface area contributed by atoms with Crippen LogP contribution >= 0.6 is 0 Å². The van der Waals surface area contributed by atoms with Gasteiger partial charge in [-0.05, 0) is 49.6 Å². The van der Waals surface area contributed by atoms with Gasteiger partial charge in [0.1, 0.15) is 11.6 Å². The standard InChI is InChI=1S/C19H24N4O2/c1-25-17-6-2-4-14(12-17)19(24)23-10-3-5-15(9-11-23)22-16-7-8-18(20)21-13-16/h2,4,6-8,12-13,15,22H,3,5,9-11H2,1H3,(H2,20,21)/t15-/m1/s1. The number of hydrogen-bond acceptors (Lipinski definition) is 5. The monoisotopic (exact) mass is 340 g/mol. The Hall–Kier alpha value is -2.76. The Balaban J connectivity index is 1.60. The molecule has 1 atom stereocenters. The van der Waals surface area contributed by atoms with Gasteiger partial charge in [0.05, 0.1) is 19.0 Å². The highest BCUT2D eigenvalue weighted by atomic mass is 16.5. The second-order valence-electron chi connectivity index (χ2n) is 6.27. The molecule has 1 aromatic carbocycles. The van der Waals surface area contributed by atoms with Gasteiger partial charge in [0.2, 0.25) is 0 Å². The maximum absolute atomic E-state index is 12.7. The summed E-state index contributed by atoms with van der Waals surface area (Å²) in [6, 6.07) is 11.4. The van der Waals surface area contributed by atoms with Gasteiger partial charge >= 0.3 is 0 Å². The van der Waals surface area contributed by atoms with E-state index in [0.29, 0.717) is 23.2 Å². The minimum atomic E-state index is 0.0636. The van der Waals surface area contributed by atoms with Crippen LogP contribution in [0.4, 0.5) is 11.5 Å². The molecule has 1 aromatic heterocycles. The van der Waals surface area contributed by atoms with E-state index in [9.17, 15) is 4.79 Å². The zero-order valence-electron chi connectivity index (χ0n) is 14.4. The quantitative estimate of drug-likeness (QED) is 0.894. The number of pyridine rings is 1. The molecule has 0 unspecified atom stereocenters. The molecule has 132 valence electrons. The van der Waals surface area contributed by atoms with E-state index in [1.54, 1.807) is 25.4 Å². The first-order chi connectivity index (χ1) is 12.2. The molecule has 3 N–H and O–H groups in total. The molecule has 0 spiro atoms. The Labute approximate surface area is 148 Å². The molecule has 2 heterocycles. The first-order valence-corrected chi connectivity index (χ1v) is 8.57. The van der Waals surface area contributed by atoms with Crippen molar-refractivity contribution in [2.45, 2.75) is 25.3 Å². The van der Waals surface area contributed by atoms with Crippen LogP contribution in [0.5, 0.6) is 5.75 Å². The number of ether oxygens (including phenoxy) is 1. The van der Waals surface area contributed by atoms with Gasteiger partial charge in [0, 0.05) is 24.7 Å². The van der Waals surface area contributed by atoms with Crippen LogP contribution in [-0.2, 0) is 0 Å². The minimum absolute atomic E-state index is 0.0636. The first kappa shape index (κ1) is 17.1. The van der Waals surface area contributed by atoms with Crippen molar-refractivity contribution in [1.29, 1.82) is 0 Å². The van der Waals surface area contributed by atoms with Gasteiger partial charge in [-0.25, -0.2) is 4.98 Å². The molecule has 1 amide bonds. The molecule has 1 saturated heterocycles. The van der Waals surface area contributed by atoms with Gasteiger partial charge in [-0.15, -0.1) is 0 Å². The third-order valence-corrected chi connectivity index (χ3v) is 4.49. The fraction of sp³-hybridized carbons (Fsp3) is 0.368. The summed E-state index contributed by atoms with van der Waals surface area (Å²) in [6.07, 6.45) is 4.64. The molecular weight excluding hydrogens is 316 g/mol. The molecule has 6 nitrogen and oxygen atoms in total. The Bertz CT molecular complexity index is 718. The van der Waals surface area contributed by atoms with E-state index in [4.69, 9.17) is 10.5 Å². The van der Waals surface area contributed by atoms with Gasteiger partial charge in [-0.1, -0.05) is 6.07 Å². The van der Waals surface area contributed by atoms with Gasteiger partial charge in [-0.2, -0.15) is 0 Å². The number of aromatic nitrogens is 1. The molecule has 0 saturated carbocycles. The molecule has 0 bridgehead atoms.